The Balaban J connectivity index is 2.14. The quantitative estimate of drug-likeness (QED) is 0.772. The highest BCUT2D eigenvalue weighted by molar-refractivity contribution is 8.01. The third-order valence-electron chi connectivity index (χ3n) is 2.74. The van der Waals surface area contributed by atoms with Gasteiger partial charge in [0.05, 0.1) is 6.61 Å². The van der Waals surface area contributed by atoms with Crippen molar-refractivity contribution in [2.45, 2.75) is 19.2 Å². The van der Waals surface area contributed by atoms with Gasteiger partial charge in [0.15, 0.2) is 5.37 Å². The normalized spacial score (nSPS) is 19.4. The molecule has 0 N–H and O–H groups in total. The second-order valence-corrected chi connectivity index (χ2v) is 5.19. The number of aryl methyl sites for hydroxylation is 1. The first-order valence-electron chi connectivity index (χ1n) is 5.84. The molecule has 0 saturated carbocycles. The molecule has 1 aliphatic heterocycles. The lowest BCUT2D eigenvalue weighted by molar-refractivity contribution is -0.142. The zero-order chi connectivity index (χ0) is 12.3. The Morgan fingerprint density at radius 1 is 1.47 bits per heavy atom. The lowest BCUT2D eigenvalue weighted by atomic mass is 10.2. The van der Waals surface area contributed by atoms with Crippen LogP contribution in [0.1, 0.15) is 12.5 Å². The molecular weight excluding hydrogens is 234 g/mol. The largest absolute Gasteiger partial charge is 0.464 e. The molecule has 0 amide bonds. The number of esters is 1. The second kappa shape index (κ2) is 5.45. The van der Waals surface area contributed by atoms with Gasteiger partial charge in [0.25, 0.3) is 0 Å². The summed E-state index contributed by atoms with van der Waals surface area (Å²) in [5, 5.41) is -0.183. The summed E-state index contributed by atoms with van der Waals surface area (Å²) < 4.78 is 5.10. The maximum absolute atomic E-state index is 11.8. The molecule has 92 valence electrons. The molecule has 4 heteroatoms. The van der Waals surface area contributed by atoms with Crippen LogP contribution in [0.3, 0.4) is 0 Å². The number of anilines is 1. The molecule has 1 heterocycles. The Labute approximate surface area is 106 Å². The highest BCUT2D eigenvalue weighted by atomic mass is 32.2. The molecule has 1 saturated heterocycles. The van der Waals surface area contributed by atoms with Crippen molar-refractivity contribution in [1.82, 2.24) is 0 Å². The summed E-state index contributed by atoms with van der Waals surface area (Å²) in [5.74, 6) is 0.841. The molecule has 1 aromatic carbocycles. The van der Waals surface area contributed by atoms with E-state index in [4.69, 9.17) is 4.74 Å². The van der Waals surface area contributed by atoms with Crippen molar-refractivity contribution in [3.63, 3.8) is 0 Å². The average Bonchev–Trinajstić information content (AvgIpc) is 2.79. The van der Waals surface area contributed by atoms with Crippen LogP contribution in [0.25, 0.3) is 0 Å². The average molecular weight is 251 g/mol. The fraction of sp³-hybridized carbons (Fsp3) is 0.462. The fourth-order valence-corrected chi connectivity index (χ4v) is 3.02. The third kappa shape index (κ3) is 2.75. The molecule has 0 spiro atoms. The zero-order valence-corrected chi connectivity index (χ0v) is 11.0. The molecule has 1 fully saturated rings. The molecule has 1 aliphatic rings. The van der Waals surface area contributed by atoms with Crippen molar-refractivity contribution in [3.05, 3.63) is 29.8 Å². The van der Waals surface area contributed by atoms with Crippen LogP contribution in [-0.4, -0.2) is 30.2 Å². The number of hydrogen-bond acceptors (Lipinski definition) is 4. The van der Waals surface area contributed by atoms with E-state index in [0.717, 1.165) is 18.0 Å². The second-order valence-electron chi connectivity index (χ2n) is 4.00. The van der Waals surface area contributed by atoms with E-state index < -0.39 is 0 Å². The van der Waals surface area contributed by atoms with Gasteiger partial charge < -0.3 is 9.64 Å². The maximum Gasteiger partial charge on any atom is 0.339 e. The van der Waals surface area contributed by atoms with E-state index in [-0.39, 0.29) is 11.3 Å². The lowest BCUT2D eigenvalue weighted by Gasteiger charge is -2.24. The van der Waals surface area contributed by atoms with E-state index in [1.165, 1.54) is 5.56 Å². The van der Waals surface area contributed by atoms with E-state index in [1.54, 1.807) is 11.8 Å². The molecule has 1 aromatic rings. The minimum atomic E-state index is -0.183. The molecule has 0 radical (unpaired) electrons. The Morgan fingerprint density at radius 3 is 2.82 bits per heavy atom. The van der Waals surface area contributed by atoms with Crippen LogP contribution in [0, 0.1) is 6.92 Å². The maximum atomic E-state index is 11.8. The number of ether oxygens (including phenoxy) is 1. The van der Waals surface area contributed by atoms with Crippen molar-refractivity contribution in [2.24, 2.45) is 0 Å². The van der Waals surface area contributed by atoms with Crippen LogP contribution >= 0.6 is 11.8 Å². The van der Waals surface area contributed by atoms with E-state index in [9.17, 15) is 4.79 Å². The van der Waals surface area contributed by atoms with Crippen molar-refractivity contribution in [3.8, 4) is 0 Å². The molecule has 1 atom stereocenters. The van der Waals surface area contributed by atoms with Gasteiger partial charge in [-0.1, -0.05) is 17.7 Å². The van der Waals surface area contributed by atoms with Crippen molar-refractivity contribution >= 4 is 23.4 Å². The number of thioether (sulfide) groups is 1. The van der Waals surface area contributed by atoms with Gasteiger partial charge in [-0.15, -0.1) is 11.8 Å². The smallest absolute Gasteiger partial charge is 0.339 e. The standard InChI is InChI=1S/C13H17NO2S/c1-3-16-13(15)12-14(8-9-17-12)11-6-4-10(2)5-7-11/h4-7,12H,3,8-9H2,1-2H3/t12-/m1/s1. The Morgan fingerprint density at radius 2 is 2.18 bits per heavy atom. The van der Waals surface area contributed by atoms with Crippen LogP contribution in [0.15, 0.2) is 24.3 Å². The molecule has 2 rings (SSSR count). The van der Waals surface area contributed by atoms with E-state index in [2.05, 4.69) is 36.1 Å². The minimum Gasteiger partial charge on any atom is -0.464 e. The van der Waals surface area contributed by atoms with E-state index in [0.29, 0.717) is 6.61 Å². The molecule has 17 heavy (non-hydrogen) atoms. The van der Waals surface area contributed by atoms with Gasteiger partial charge in [-0.2, -0.15) is 0 Å². The summed E-state index contributed by atoms with van der Waals surface area (Å²) in [7, 11) is 0. The SMILES string of the molecule is CCOC(=O)[C@H]1SCCN1c1ccc(C)cc1. The van der Waals surface area contributed by atoms with Gasteiger partial charge >= 0.3 is 5.97 Å². The molecule has 0 aromatic heterocycles. The number of carbonyl (C=O) groups excluding carboxylic acids is 1. The first-order valence-corrected chi connectivity index (χ1v) is 6.89. The van der Waals surface area contributed by atoms with Gasteiger partial charge in [0, 0.05) is 18.0 Å². The Kier molecular flexibility index (Phi) is 3.94. The fourth-order valence-electron chi connectivity index (χ4n) is 1.88. The summed E-state index contributed by atoms with van der Waals surface area (Å²) >= 11 is 1.65. The number of nitrogens with zero attached hydrogens (tertiary/aromatic N) is 1. The van der Waals surface area contributed by atoms with Crippen molar-refractivity contribution < 1.29 is 9.53 Å². The van der Waals surface area contributed by atoms with Gasteiger partial charge in [0.2, 0.25) is 0 Å². The number of hydrogen-bond donors (Lipinski definition) is 0. The number of benzene rings is 1. The van der Waals surface area contributed by atoms with E-state index >= 15 is 0 Å². The summed E-state index contributed by atoms with van der Waals surface area (Å²) in [6.07, 6.45) is 0. The summed E-state index contributed by atoms with van der Waals surface area (Å²) in [4.78, 5) is 13.9. The predicted octanol–water partition coefficient (Wildman–Crippen LogP) is 2.44. The number of rotatable bonds is 3. The van der Waals surface area contributed by atoms with Gasteiger partial charge in [-0.05, 0) is 26.0 Å². The molecule has 3 nitrogen and oxygen atoms in total. The van der Waals surface area contributed by atoms with Crippen LogP contribution in [0.2, 0.25) is 0 Å². The van der Waals surface area contributed by atoms with Crippen LogP contribution in [0.4, 0.5) is 5.69 Å². The van der Waals surface area contributed by atoms with Crippen LogP contribution in [-0.2, 0) is 9.53 Å². The van der Waals surface area contributed by atoms with E-state index in [1.807, 2.05) is 6.92 Å². The molecule has 0 aliphatic carbocycles. The van der Waals surface area contributed by atoms with Gasteiger partial charge in [-0.25, -0.2) is 4.79 Å². The molecule has 0 bridgehead atoms. The molecule has 0 unspecified atom stereocenters. The minimum absolute atomic E-state index is 0.129. The van der Waals surface area contributed by atoms with Crippen molar-refractivity contribution in [1.29, 1.82) is 0 Å². The van der Waals surface area contributed by atoms with Crippen LogP contribution in [0.5, 0.6) is 0 Å². The van der Waals surface area contributed by atoms with Crippen LogP contribution < -0.4 is 4.90 Å². The monoisotopic (exact) mass is 251 g/mol. The first-order chi connectivity index (χ1) is 8.22. The summed E-state index contributed by atoms with van der Waals surface area (Å²) in [5.41, 5.74) is 2.33. The summed E-state index contributed by atoms with van der Waals surface area (Å²) in [6.45, 7) is 5.24. The summed E-state index contributed by atoms with van der Waals surface area (Å²) in [6, 6.07) is 8.27. The van der Waals surface area contributed by atoms with Gasteiger partial charge in [-0.3, -0.25) is 0 Å². The van der Waals surface area contributed by atoms with Gasteiger partial charge in [0.1, 0.15) is 0 Å². The number of carbonyl (C=O) groups is 1. The van der Waals surface area contributed by atoms with Crippen molar-refractivity contribution in [2.75, 3.05) is 23.8 Å². The Bertz CT molecular complexity index is 391. The third-order valence-corrected chi connectivity index (χ3v) is 3.93. The highest BCUT2D eigenvalue weighted by Crippen LogP contribution is 2.30. The Hall–Kier alpha value is -1.16. The molecular formula is C13H17NO2S. The highest BCUT2D eigenvalue weighted by Gasteiger charge is 2.32. The lowest BCUT2D eigenvalue weighted by Crippen LogP contribution is -2.35. The first kappa shape index (κ1) is 12.3. The topological polar surface area (TPSA) is 29.5 Å². The zero-order valence-electron chi connectivity index (χ0n) is 10.2. The predicted molar refractivity (Wildman–Crippen MR) is 71.4 cm³/mol.